The Balaban J connectivity index is 1.70. The Morgan fingerprint density at radius 1 is 1.11 bits per heavy atom. The lowest BCUT2D eigenvalue weighted by Crippen LogP contribution is -2.87. The molecule has 1 amide bonds. The number of thiophene rings is 1. The maximum atomic E-state index is 12.4. The third-order valence-corrected chi connectivity index (χ3v) is 6.44. The van der Waals surface area contributed by atoms with Crippen molar-refractivity contribution in [2.75, 3.05) is 18.1 Å². The minimum absolute atomic E-state index is 0.0358. The van der Waals surface area contributed by atoms with Crippen molar-refractivity contribution in [3.63, 3.8) is 0 Å². The topological polar surface area (TPSA) is 79.8 Å². The number of anilines is 1. The van der Waals surface area contributed by atoms with E-state index in [1.165, 1.54) is 22.6 Å². The van der Waals surface area contributed by atoms with Crippen LogP contribution in [0.15, 0.2) is 70.9 Å². The van der Waals surface area contributed by atoms with Crippen molar-refractivity contribution in [3.05, 3.63) is 82.0 Å². The maximum absolute atomic E-state index is 12.4. The van der Waals surface area contributed by atoms with Gasteiger partial charge in [0.2, 0.25) is 0 Å². The van der Waals surface area contributed by atoms with E-state index in [-0.39, 0.29) is 23.4 Å². The first-order chi connectivity index (χ1) is 13.3. The highest BCUT2D eigenvalue weighted by molar-refractivity contribution is 7.90. The molecule has 3 rings (SSSR count). The van der Waals surface area contributed by atoms with E-state index >= 15 is 0 Å². The molecule has 0 fully saturated rings. The van der Waals surface area contributed by atoms with Gasteiger partial charge >= 0.3 is 0 Å². The number of amides is 1. The van der Waals surface area contributed by atoms with E-state index in [1.54, 1.807) is 23.5 Å². The summed E-state index contributed by atoms with van der Waals surface area (Å²) in [4.78, 5) is 13.8. The summed E-state index contributed by atoms with van der Waals surface area (Å²) in [5.74, 6) is -0.181. The van der Waals surface area contributed by atoms with Crippen molar-refractivity contribution in [2.24, 2.45) is 0 Å². The van der Waals surface area contributed by atoms with Crippen molar-refractivity contribution in [3.8, 4) is 0 Å². The van der Waals surface area contributed by atoms with E-state index in [0.29, 0.717) is 5.69 Å². The normalized spacial score (nSPS) is 12.5. The highest BCUT2D eigenvalue weighted by Gasteiger charge is 2.20. The zero-order valence-electron chi connectivity index (χ0n) is 15.8. The number of hydrogen-bond donors (Lipinski definition) is 2. The van der Waals surface area contributed by atoms with Crippen LogP contribution < -0.4 is 10.6 Å². The Labute approximate surface area is 169 Å². The molecule has 1 heterocycles. The monoisotopic (exact) mass is 415 g/mol. The molecular formula is C21H23N2O3S2+. The van der Waals surface area contributed by atoms with Crippen molar-refractivity contribution >= 4 is 32.8 Å². The molecule has 0 saturated carbocycles. The SMILES string of the molecule is Cc1ccc([C@@H]([NH2+]CC(=O)Nc2cccc(S(C)(=O)=O)c2)c2cccs2)cc1. The molecule has 146 valence electrons. The van der Waals surface area contributed by atoms with Crippen molar-refractivity contribution < 1.29 is 18.5 Å². The first-order valence-corrected chi connectivity index (χ1v) is 11.6. The van der Waals surface area contributed by atoms with E-state index in [9.17, 15) is 13.2 Å². The summed E-state index contributed by atoms with van der Waals surface area (Å²) >= 11 is 1.66. The second kappa shape index (κ2) is 8.68. The minimum Gasteiger partial charge on any atom is -0.328 e. The number of sulfone groups is 1. The number of quaternary nitrogens is 1. The van der Waals surface area contributed by atoms with Crippen LogP contribution in [0.1, 0.15) is 22.0 Å². The summed E-state index contributed by atoms with van der Waals surface area (Å²) in [6.07, 6.45) is 1.15. The van der Waals surface area contributed by atoms with E-state index in [0.717, 1.165) is 11.8 Å². The first kappa shape index (κ1) is 20.3. The molecule has 0 saturated heterocycles. The highest BCUT2D eigenvalue weighted by atomic mass is 32.2. The lowest BCUT2D eigenvalue weighted by atomic mass is 10.0. The van der Waals surface area contributed by atoms with Gasteiger partial charge in [0.05, 0.1) is 9.77 Å². The van der Waals surface area contributed by atoms with Crippen LogP contribution in [0.3, 0.4) is 0 Å². The summed E-state index contributed by atoms with van der Waals surface area (Å²) in [7, 11) is -3.31. The van der Waals surface area contributed by atoms with E-state index in [4.69, 9.17) is 0 Å². The third-order valence-electron chi connectivity index (χ3n) is 4.37. The molecule has 0 bridgehead atoms. The average Bonchev–Trinajstić information content (AvgIpc) is 3.17. The molecule has 0 spiro atoms. The summed E-state index contributed by atoms with van der Waals surface area (Å²) in [6.45, 7) is 2.27. The molecule has 0 aliphatic rings. The van der Waals surface area contributed by atoms with Crippen LogP contribution in [-0.2, 0) is 14.6 Å². The van der Waals surface area contributed by atoms with Gasteiger partial charge in [-0.25, -0.2) is 8.42 Å². The Morgan fingerprint density at radius 3 is 2.50 bits per heavy atom. The summed E-state index contributed by atoms with van der Waals surface area (Å²) in [6, 6.07) is 18.7. The van der Waals surface area contributed by atoms with Gasteiger partial charge in [0.15, 0.2) is 16.4 Å². The van der Waals surface area contributed by atoms with Crippen LogP contribution in [0.5, 0.6) is 0 Å². The molecule has 3 aromatic rings. The van der Waals surface area contributed by atoms with Crippen LogP contribution in [0.4, 0.5) is 5.69 Å². The number of carbonyl (C=O) groups is 1. The quantitative estimate of drug-likeness (QED) is 0.623. The van der Waals surface area contributed by atoms with Crippen molar-refractivity contribution in [2.45, 2.75) is 17.9 Å². The Kier molecular flexibility index (Phi) is 6.28. The fraction of sp³-hybridized carbons (Fsp3) is 0.190. The van der Waals surface area contributed by atoms with Gasteiger partial charge in [-0.2, -0.15) is 0 Å². The molecule has 1 aromatic heterocycles. The Morgan fingerprint density at radius 2 is 1.86 bits per heavy atom. The molecule has 5 nitrogen and oxygen atoms in total. The summed E-state index contributed by atoms with van der Waals surface area (Å²) < 4.78 is 23.4. The van der Waals surface area contributed by atoms with E-state index in [1.807, 2.05) is 23.7 Å². The molecule has 0 aliphatic carbocycles. The van der Waals surface area contributed by atoms with Crippen LogP contribution in [0, 0.1) is 6.92 Å². The molecule has 0 aliphatic heterocycles. The molecular weight excluding hydrogens is 392 g/mol. The molecule has 28 heavy (non-hydrogen) atoms. The van der Waals surface area contributed by atoms with Crippen molar-refractivity contribution in [1.82, 2.24) is 0 Å². The zero-order chi connectivity index (χ0) is 20.1. The fourth-order valence-electron chi connectivity index (χ4n) is 2.90. The number of carbonyl (C=O) groups excluding carboxylic acids is 1. The Hall–Kier alpha value is -2.48. The standard InChI is InChI=1S/C21H22N2O3S2/c1-15-8-10-16(11-9-15)21(19-7-4-12-27-19)22-14-20(24)23-17-5-3-6-18(13-17)28(2,25)26/h3-13,21-22H,14H2,1-2H3,(H,23,24)/p+1/t21-/m1/s1. The number of benzene rings is 2. The predicted molar refractivity (Wildman–Crippen MR) is 112 cm³/mol. The van der Waals surface area contributed by atoms with Gasteiger partial charge in [-0.05, 0) is 36.6 Å². The smallest absolute Gasteiger partial charge is 0.279 e. The fourth-order valence-corrected chi connectivity index (χ4v) is 4.42. The van der Waals surface area contributed by atoms with Gasteiger partial charge in [-0.15, -0.1) is 11.3 Å². The van der Waals surface area contributed by atoms with Crippen molar-refractivity contribution in [1.29, 1.82) is 0 Å². The number of nitrogens with two attached hydrogens (primary N) is 1. The molecule has 0 radical (unpaired) electrons. The second-order valence-corrected chi connectivity index (χ2v) is 9.69. The maximum Gasteiger partial charge on any atom is 0.279 e. The summed E-state index contributed by atoms with van der Waals surface area (Å²) in [5, 5.41) is 6.81. The van der Waals surface area contributed by atoms with Crippen LogP contribution in [-0.4, -0.2) is 27.1 Å². The van der Waals surface area contributed by atoms with Crippen LogP contribution >= 0.6 is 11.3 Å². The van der Waals surface area contributed by atoms with E-state index < -0.39 is 9.84 Å². The van der Waals surface area contributed by atoms with Gasteiger partial charge in [0.1, 0.15) is 6.04 Å². The van der Waals surface area contributed by atoms with Crippen LogP contribution in [0.25, 0.3) is 0 Å². The molecule has 7 heteroatoms. The van der Waals surface area contributed by atoms with Gasteiger partial charge in [0.25, 0.3) is 5.91 Å². The Bertz CT molecular complexity index is 1040. The highest BCUT2D eigenvalue weighted by Crippen LogP contribution is 2.23. The van der Waals surface area contributed by atoms with Gasteiger partial charge in [-0.1, -0.05) is 42.0 Å². The average molecular weight is 416 g/mol. The van der Waals surface area contributed by atoms with Crippen LogP contribution in [0.2, 0.25) is 0 Å². The number of nitrogens with one attached hydrogen (secondary N) is 1. The van der Waals surface area contributed by atoms with E-state index in [2.05, 4.69) is 35.6 Å². The second-order valence-electron chi connectivity index (χ2n) is 6.69. The number of rotatable bonds is 7. The number of aryl methyl sites for hydroxylation is 1. The zero-order valence-corrected chi connectivity index (χ0v) is 17.4. The predicted octanol–water partition coefficient (Wildman–Crippen LogP) is 2.75. The third kappa shape index (κ3) is 5.28. The van der Waals surface area contributed by atoms with Gasteiger partial charge < -0.3 is 10.6 Å². The molecule has 3 N–H and O–H groups in total. The van der Waals surface area contributed by atoms with Gasteiger partial charge in [-0.3, -0.25) is 4.79 Å². The molecule has 1 atom stereocenters. The van der Waals surface area contributed by atoms with Gasteiger partial charge in [0, 0.05) is 17.5 Å². The first-order valence-electron chi connectivity index (χ1n) is 8.86. The minimum atomic E-state index is -3.31. The molecule has 0 unspecified atom stereocenters. The number of hydrogen-bond acceptors (Lipinski definition) is 4. The largest absolute Gasteiger partial charge is 0.328 e. The lowest BCUT2D eigenvalue weighted by Gasteiger charge is -2.15. The lowest BCUT2D eigenvalue weighted by molar-refractivity contribution is -0.675. The molecule has 2 aromatic carbocycles. The summed E-state index contributed by atoms with van der Waals surface area (Å²) in [5.41, 5.74) is 2.81.